The van der Waals surface area contributed by atoms with Gasteiger partial charge in [-0.2, -0.15) is 0 Å². The zero-order valence-electron chi connectivity index (χ0n) is 18.0. The average molecular weight is 417 g/mol. The van der Waals surface area contributed by atoms with E-state index in [9.17, 15) is 0 Å². The maximum atomic E-state index is 6.29. The highest BCUT2D eigenvalue weighted by molar-refractivity contribution is 5.76. The average Bonchev–Trinajstić information content (AvgIpc) is 3.19. The molecule has 1 aromatic heterocycles. The van der Waals surface area contributed by atoms with Gasteiger partial charge in [0.25, 0.3) is 0 Å². The Morgan fingerprint density at radius 2 is 1.55 bits per heavy atom. The van der Waals surface area contributed by atoms with Gasteiger partial charge in [0.1, 0.15) is 17.2 Å². The fraction of sp³-hybridized carbons (Fsp3) is 0.269. The Balaban J connectivity index is 1.49. The molecule has 5 heteroatoms. The van der Waals surface area contributed by atoms with Crippen LogP contribution in [0.1, 0.15) is 31.7 Å². The van der Waals surface area contributed by atoms with Gasteiger partial charge in [-0.05, 0) is 61.4 Å². The molecule has 160 valence electrons. The topological polar surface area (TPSA) is 45.5 Å². The lowest BCUT2D eigenvalue weighted by Gasteiger charge is -2.19. The summed E-state index contributed by atoms with van der Waals surface area (Å²) in [6, 6.07) is 25.9. The molecule has 1 heterocycles. The predicted molar refractivity (Wildman–Crippen MR) is 123 cm³/mol. The molecule has 0 aliphatic rings. The standard InChI is InChI=1S/C26H28N2O3/c1-3-25(31-22-10-5-4-6-11-22)26-27-23-12-7-8-13-24(23)28(26)18-9-19-30-21-16-14-20(29-2)15-17-21/h4-8,10-17,25H,3,9,18-19H2,1-2H3. The number of methoxy groups -OCH3 is 1. The summed E-state index contributed by atoms with van der Waals surface area (Å²) in [7, 11) is 1.66. The fourth-order valence-corrected chi connectivity index (χ4v) is 3.64. The van der Waals surface area contributed by atoms with Gasteiger partial charge in [-0.25, -0.2) is 4.98 Å². The third-order valence-corrected chi connectivity index (χ3v) is 5.22. The number of ether oxygens (including phenoxy) is 3. The maximum absolute atomic E-state index is 6.29. The lowest BCUT2D eigenvalue weighted by molar-refractivity contribution is 0.185. The third-order valence-electron chi connectivity index (χ3n) is 5.22. The highest BCUT2D eigenvalue weighted by Gasteiger charge is 2.20. The van der Waals surface area contributed by atoms with Crippen LogP contribution in [0, 0.1) is 0 Å². The largest absolute Gasteiger partial charge is 0.497 e. The second-order valence-corrected chi connectivity index (χ2v) is 7.32. The molecule has 0 spiro atoms. The molecular formula is C26H28N2O3. The number of aryl methyl sites for hydroxylation is 1. The molecule has 0 radical (unpaired) electrons. The van der Waals surface area contributed by atoms with Crippen molar-refractivity contribution < 1.29 is 14.2 Å². The molecule has 0 aliphatic heterocycles. The van der Waals surface area contributed by atoms with Crippen molar-refractivity contribution in [2.75, 3.05) is 13.7 Å². The van der Waals surface area contributed by atoms with Gasteiger partial charge < -0.3 is 18.8 Å². The Labute approximate surface area is 183 Å². The summed E-state index contributed by atoms with van der Waals surface area (Å²) in [5, 5.41) is 0. The van der Waals surface area contributed by atoms with Crippen molar-refractivity contribution in [3.8, 4) is 17.2 Å². The van der Waals surface area contributed by atoms with Gasteiger partial charge in [0.05, 0.1) is 24.8 Å². The first-order chi connectivity index (χ1) is 15.3. The molecule has 4 aromatic rings. The number of hydrogen-bond acceptors (Lipinski definition) is 4. The minimum Gasteiger partial charge on any atom is -0.497 e. The molecule has 5 nitrogen and oxygen atoms in total. The van der Waals surface area contributed by atoms with E-state index in [1.807, 2.05) is 60.7 Å². The first-order valence-corrected chi connectivity index (χ1v) is 10.7. The summed E-state index contributed by atoms with van der Waals surface area (Å²) in [5.41, 5.74) is 2.11. The van der Waals surface area contributed by atoms with Crippen LogP contribution in [-0.4, -0.2) is 23.3 Å². The van der Waals surface area contributed by atoms with Crippen molar-refractivity contribution in [3.05, 3.63) is 84.7 Å². The SMILES string of the molecule is CCC(Oc1ccccc1)c1nc2ccccc2n1CCCOc1ccc(OC)cc1. The number of fused-ring (bicyclic) bond motifs is 1. The van der Waals surface area contributed by atoms with Gasteiger partial charge in [0.2, 0.25) is 0 Å². The first kappa shape index (κ1) is 20.8. The Bertz CT molecular complexity index is 1090. The zero-order valence-corrected chi connectivity index (χ0v) is 18.0. The molecule has 3 aromatic carbocycles. The van der Waals surface area contributed by atoms with Crippen LogP contribution >= 0.6 is 0 Å². The molecular weight excluding hydrogens is 388 g/mol. The molecule has 0 saturated heterocycles. The molecule has 31 heavy (non-hydrogen) atoms. The normalized spacial score (nSPS) is 11.9. The Kier molecular flexibility index (Phi) is 6.72. The van der Waals surface area contributed by atoms with Gasteiger partial charge in [-0.3, -0.25) is 0 Å². The lowest BCUT2D eigenvalue weighted by atomic mass is 10.2. The summed E-state index contributed by atoms with van der Waals surface area (Å²) in [6.07, 6.45) is 1.58. The summed E-state index contributed by atoms with van der Waals surface area (Å²) >= 11 is 0. The second-order valence-electron chi connectivity index (χ2n) is 7.32. The molecule has 0 N–H and O–H groups in total. The molecule has 4 rings (SSSR count). The maximum Gasteiger partial charge on any atom is 0.156 e. The Morgan fingerprint density at radius 3 is 2.29 bits per heavy atom. The summed E-state index contributed by atoms with van der Waals surface area (Å²) in [6.45, 7) is 3.55. The van der Waals surface area contributed by atoms with Crippen LogP contribution < -0.4 is 14.2 Å². The molecule has 1 atom stereocenters. The fourth-order valence-electron chi connectivity index (χ4n) is 3.64. The monoisotopic (exact) mass is 416 g/mol. The van der Waals surface area contributed by atoms with E-state index in [1.165, 1.54) is 0 Å². The highest BCUT2D eigenvalue weighted by Crippen LogP contribution is 2.28. The molecule has 1 unspecified atom stereocenters. The van der Waals surface area contributed by atoms with E-state index >= 15 is 0 Å². The van der Waals surface area contributed by atoms with E-state index in [-0.39, 0.29) is 6.10 Å². The van der Waals surface area contributed by atoms with Gasteiger partial charge in [-0.1, -0.05) is 37.3 Å². The van der Waals surface area contributed by atoms with Crippen LogP contribution in [0.2, 0.25) is 0 Å². The van der Waals surface area contributed by atoms with Crippen LogP contribution in [0.5, 0.6) is 17.2 Å². The van der Waals surface area contributed by atoms with Crippen LogP contribution in [0.25, 0.3) is 11.0 Å². The lowest BCUT2D eigenvalue weighted by Crippen LogP contribution is -2.15. The van der Waals surface area contributed by atoms with E-state index < -0.39 is 0 Å². The van der Waals surface area contributed by atoms with E-state index in [0.717, 1.165) is 53.5 Å². The molecule has 0 bridgehead atoms. The van der Waals surface area contributed by atoms with Gasteiger partial charge in [0, 0.05) is 6.54 Å². The van der Waals surface area contributed by atoms with Crippen molar-refractivity contribution in [2.45, 2.75) is 32.4 Å². The number of nitrogens with zero attached hydrogens (tertiary/aromatic N) is 2. The number of para-hydroxylation sites is 3. The van der Waals surface area contributed by atoms with Gasteiger partial charge >= 0.3 is 0 Å². The van der Waals surface area contributed by atoms with Crippen molar-refractivity contribution in [3.63, 3.8) is 0 Å². The number of hydrogen-bond donors (Lipinski definition) is 0. The van der Waals surface area contributed by atoms with Crippen molar-refractivity contribution in [2.24, 2.45) is 0 Å². The van der Waals surface area contributed by atoms with E-state index in [4.69, 9.17) is 19.2 Å². The van der Waals surface area contributed by atoms with Gasteiger partial charge in [-0.15, -0.1) is 0 Å². The minimum absolute atomic E-state index is 0.114. The Hall–Kier alpha value is -3.47. The number of rotatable bonds is 10. The second kappa shape index (κ2) is 10.0. The zero-order chi connectivity index (χ0) is 21.5. The minimum atomic E-state index is -0.114. The Morgan fingerprint density at radius 1 is 0.839 bits per heavy atom. The van der Waals surface area contributed by atoms with Crippen molar-refractivity contribution >= 4 is 11.0 Å². The first-order valence-electron chi connectivity index (χ1n) is 10.7. The number of benzene rings is 3. The van der Waals surface area contributed by atoms with Crippen LogP contribution in [0.4, 0.5) is 0 Å². The molecule has 0 saturated carbocycles. The summed E-state index contributed by atoms with van der Waals surface area (Å²) in [5.74, 6) is 3.48. The van der Waals surface area contributed by atoms with Crippen LogP contribution in [0.15, 0.2) is 78.9 Å². The smallest absolute Gasteiger partial charge is 0.156 e. The van der Waals surface area contributed by atoms with Crippen LogP contribution in [-0.2, 0) is 6.54 Å². The quantitative estimate of drug-likeness (QED) is 0.296. The van der Waals surface area contributed by atoms with Crippen molar-refractivity contribution in [1.82, 2.24) is 9.55 Å². The third kappa shape index (κ3) is 5.00. The molecule has 0 fully saturated rings. The number of aromatic nitrogens is 2. The van der Waals surface area contributed by atoms with Crippen molar-refractivity contribution in [1.29, 1.82) is 0 Å². The molecule has 0 amide bonds. The summed E-state index contributed by atoms with van der Waals surface area (Å²) in [4.78, 5) is 4.92. The molecule has 0 aliphatic carbocycles. The van der Waals surface area contributed by atoms with Gasteiger partial charge in [0.15, 0.2) is 11.9 Å². The number of imidazole rings is 1. The van der Waals surface area contributed by atoms with E-state index in [1.54, 1.807) is 7.11 Å². The highest BCUT2D eigenvalue weighted by atomic mass is 16.5. The van der Waals surface area contributed by atoms with Crippen LogP contribution in [0.3, 0.4) is 0 Å². The predicted octanol–water partition coefficient (Wildman–Crippen LogP) is 6.04. The van der Waals surface area contributed by atoms with E-state index in [2.05, 4.69) is 29.7 Å². The summed E-state index contributed by atoms with van der Waals surface area (Å²) < 4.78 is 19.7. The van der Waals surface area contributed by atoms with E-state index in [0.29, 0.717) is 6.61 Å².